The maximum Gasteiger partial charge on any atom is 0.260 e. The van der Waals surface area contributed by atoms with Gasteiger partial charge >= 0.3 is 0 Å². The van der Waals surface area contributed by atoms with Crippen molar-refractivity contribution < 1.29 is 14.3 Å². The largest absolute Gasteiger partial charge is 0.497 e. The maximum atomic E-state index is 12.6. The van der Waals surface area contributed by atoms with Gasteiger partial charge in [0.2, 0.25) is 0 Å². The molecule has 0 N–H and O–H groups in total. The lowest BCUT2D eigenvalue weighted by atomic mass is 10.1. The van der Waals surface area contributed by atoms with E-state index in [0.717, 1.165) is 29.9 Å². The number of nitrogens with zero attached hydrogens (tertiary/aromatic N) is 3. The Bertz CT molecular complexity index is 928. The molecule has 0 aromatic heterocycles. The SMILES string of the molecule is COc1ccc([C@@H](C#N)N2CCN(C(=O)COc3ccc4c(c3)CCC4)CC2)cc1. The third-order valence-corrected chi connectivity index (χ3v) is 6.02. The Kier molecular flexibility index (Phi) is 6.20. The van der Waals surface area contributed by atoms with Gasteiger partial charge in [-0.1, -0.05) is 18.2 Å². The molecule has 30 heavy (non-hydrogen) atoms. The Morgan fingerprint density at radius 1 is 1.03 bits per heavy atom. The minimum atomic E-state index is -0.323. The standard InChI is InChI=1S/C24H27N3O3/c1-29-21-8-6-19(7-9-21)23(16-25)26-11-13-27(14-12-26)24(28)17-30-22-10-5-18-3-2-4-20(18)15-22/h5-10,15,23H,2-4,11-14,17H2,1H3/t23-/m1/s1. The molecule has 1 heterocycles. The van der Waals surface area contributed by atoms with E-state index in [-0.39, 0.29) is 18.6 Å². The van der Waals surface area contributed by atoms with Crippen LogP contribution in [-0.2, 0) is 17.6 Å². The Hall–Kier alpha value is -3.04. The highest BCUT2D eigenvalue weighted by Crippen LogP contribution is 2.26. The highest BCUT2D eigenvalue weighted by atomic mass is 16.5. The van der Waals surface area contributed by atoms with E-state index in [1.807, 2.05) is 35.2 Å². The molecule has 0 unspecified atom stereocenters. The van der Waals surface area contributed by atoms with Crippen LogP contribution in [0.2, 0.25) is 0 Å². The fourth-order valence-corrected chi connectivity index (χ4v) is 4.26. The van der Waals surface area contributed by atoms with Gasteiger partial charge in [0.05, 0.1) is 13.2 Å². The molecule has 1 aliphatic heterocycles. The molecule has 2 aromatic carbocycles. The zero-order valence-electron chi connectivity index (χ0n) is 17.3. The number of methoxy groups -OCH3 is 1. The third kappa shape index (κ3) is 4.42. The first-order valence-electron chi connectivity index (χ1n) is 10.5. The molecule has 2 aromatic rings. The fourth-order valence-electron chi connectivity index (χ4n) is 4.26. The molecule has 1 aliphatic carbocycles. The summed E-state index contributed by atoms with van der Waals surface area (Å²) in [7, 11) is 1.63. The number of nitriles is 1. The number of hydrogen-bond acceptors (Lipinski definition) is 5. The van der Waals surface area contributed by atoms with Gasteiger partial charge in [0.15, 0.2) is 6.61 Å². The lowest BCUT2D eigenvalue weighted by molar-refractivity contribution is -0.135. The lowest BCUT2D eigenvalue weighted by Crippen LogP contribution is -2.50. The molecule has 6 nitrogen and oxygen atoms in total. The highest BCUT2D eigenvalue weighted by molar-refractivity contribution is 5.78. The monoisotopic (exact) mass is 405 g/mol. The van der Waals surface area contributed by atoms with Gasteiger partial charge in [0.25, 0.3) is 5.91 Å². The topological polar surface area (TPSA) is 65.8 Å². The number of hydrogen-bond donors (Lipinski definition) is 0. The molecule has 2 aliphatic rings. The molecule has 0 spiro atoms. The molecule has 0 radical (unpaired) electrons. The number of rotatable bonds is 6. The number of piperazine rings is 1. The van der Waals surface area contributed by atoms with Crippen molar-refractivity contribution >= 4 is 5.91 Å². The van der Waals surface area contributed by atoms with Crippen molar-refractivity contribution in [2.75, 3.05) is 39.9 Å². The van der Waals surface area contributed by atoms with Crippen molar-refractivity contribution in [3.63, 3.8) is 0 Å². The van der Waals surface area contributed by atoms with Crippen molar-refractivity contribution in [3.05, 3.63) is 59.2 Å². The first kappa shape index (κ1) is 20.2. The van der Waals surface area contributed by atoms with Crippen molar-refractivity contribution in [3.8, 4) is 17.6 Å². The normalized spacial score (nSPS) is 17.1. The summed E-state index contributed by atoms with van der Waals surface area (Å²) in [6.07, 6.45) is 3.43. The zero-order valence-corrected chi connectivity index (χ0v) is 17.3. The van der Waals surface area contributed by atoms with Crippen LogP contribution < -0.4 is 9.47 Å². The molecule has 1 atom stereocenters. The van der Waals surface area contributed by atoms with E-state index in [2.05, 4.69) is 23.1 Å². The number of benzene rings is 2. The van der Waals surface area contributed by atoms with E-state index >= 15 is 0 Å². The number of ether oxygens (including phenoxy) is 2. The Morgan fingerprint density at radius 3 is 2.43 bits per heavy atom. The first-order chi connectivity index (χ1) is 14.7. The van der Waals surface area contributed by atoms with Crippen LogP contribution in [0.15, 0.2) is 42.5 Å². The van der Waals surface area contributed by atoms with Gasteiger partial charge in [0, 0.05) is 26.2 Å². The van der Waals surface area contributed by atoms with Crippen LogP contribution in [-0.4, -0.2) is 55.6 Å². The quantitative estimate of drug-likeness (QED) is 0.739. The van der Waals surface area contributed by atoms with Crippen LogP contribution in [0.1, 0.15) is 29.2 Å². The van der Waals surface area contributed by atoms with Gasteiger partial charge in [-0.15, -0.1) is 0 Å². The van der Waals surface area contributed by atoms with Crippen LogP contribution in [0.3, 0.4) is 0 Å². The second kappa shape index (κ2) is 9.19. The van der Waals surface area contributed by atoms with Gasteiger partial charge < -0.3 is 14.4 Å². The minimum Gasteiger partial charge on any atom is -0.497 e. The summed E-state index contributed by atoms with van der Waals surface area (Å²) in [5.41, 5.74) is 3.68. The van der Waals surface area contributed by atoms with Gasteiger partial charge in [-0.2, -0.15) is 5.26 Å². The van der Waals surface area contributed by atoms with E-state index in [1.165, 1.54) is 17.5 Å². The number of carbonyl (C=O) groups excluding carboxylic acids is 1. The van der Waals surface area contributed by atoms with Crippen LogP contribution in [0.25, 0.3) is 0 Å². The molecule has 6 heteroatoms. The summed E-state index contributed by atoms with van der Waals surface area (Å²) in [6.45, 7) is 2.57. The highest BCUT2D eigenvalue weighted by Gasteiger charge is 2.27. The molecular weight excluding hydrogens is 378 g/mol. The summed E-state index contributed by atoms with van der Waals surface area (Å²) in [4.78, 5) is 16.5. The summed E-state index contributed by atoms with van der Waals surface area (Å²) < 4.78 is 11.0. The van der Waals surface area contributed by atoms with Gasteiger partial charge in [0.1, 0.15) is 17.5 Å². The molecule has 156 valence electrons. The van der Waals surface area contributed by atoms with Crippen molar-refractivity contribution in [2.45, 2.75) is 25.3 Å². The summed E-state index contributed by atoms with van der Waals surface area (Å²) >= 11 is 0. The van der Waals surface area contributed by atoms with Gasteiger partial charge in [-0.05, 0) is 60.2 Å². The average molecular weight is 405 g/mol. The molecule has 1 amide bonds. The predicted octanol–water partition coefficient (Wildman–Crippen LogP) is 2.97. The maximum absolute atomic E-state index is 12.6. The molecule has 4 rings (SSSR count). The number of carbonyl (C=O) groups is 1. The number of aryl methyl sites for hydroxylation is 2. The minimum absolute atomic E-state index is 0.00639. The van der Waals surface area contributed by atoms with Crippen molar-refractivity contribution in [2.24, 2.45) is 0 Å². The molecule has 1 saturated heterocycles. The van der Waals surface area contributed by atoms with Crippen LogP contribution in [0, 0.1) is 11.3 Å². The second-order valence-electron chi connectivity index (χ2n) is 7.79. The third-order valence-electron chi connectivity index (χ3n) is 6.02. The Labute approximate surface area is 177 Å². The molecule has 0 bridgehead atoms. The van der Waals surface area contributed by atoms with E-state index in [9.17, 15) is 10.1 Å². The summed E-state index contributed by atoms with van der Waals surface area (Å²) in [6, 6.07) is 15.8. The van der Waals surface area contributed by atoms with Crippen LogP contribution >= 0.6 is 0 Å². The zero-order chi connectivity index (χ0) is 20.9. The predicted molar refractivity (Wildman–Crippen MR) is 113 cm³/mol. The van der Waals surface area contributed by atoms with E-state index < -0.39 is 0 Å². The number of fused-ring (bicyclic) bond motifs is 1. The molecule has 0 saturated carbocycles. The molecule has 1 fully saturated rings. The first-order valence-corrected chi connectivity index (χ1v) is 10.5. The van der Waals surface area contributed by atoms with Crippen LogP contribution in [0.4, 0.5) is 0 Å². The lowest BCUT2D eigenvalue weighted by Gasteiger charge is -2.37. The van der Waals surface area contributed by atoms with E-state index in [1.54, 1.807) is 7.11 Å². The van der Waals surface area contributed by atoms with E-state index in [0.29, 0.717) is 26.2 Å². The van der Waals surface area contributed by atoms with Gasteiger partial charge in [-0.25, -0.2) is 0 Å². The van der Waals surface area contributed by atoms with Crippen molar-refractivity contribution in [1.82, 2.24) is 9.80 Å². The van der Waals surface area contributed by atoms with E-state index in [4.69, 9.17) is 9.47 Å². The molecular formula is C24H27N3O3. The number of amides is 1. The van der Waals surface area contributed by atoms with Crippen molar-refractivity contribution in [1.29, 1.82) is 5.26 Å². The average Bonchev–Trinajstić information content (AvgIpc) is 3.27. The second-order valence-corrected chi connectivity index (χ2v) is 7.79. The fraction of sp³-hybridized carbons (Fsp3) is 0.417. The Morgan fingerprint density at radius 2 is 1.73 bits per heavy atom. The summed E-state index contributed by atoms with van der Waals surface area (Å²) in [5, 5.41) is 9.69. The summed E-state index contributed by atoms with van der Waals surface area (Å²) in [5.74, 6) is 1.54. The van der Waals surface area contributed by atoms with Crippen LogP contribution in [0.5, 0.6) is 11.5 Å². The van der Waals surface area contributed by atoms with Gasteiger partial charge in [-0.3, -0.25) is 9.69 Å². The Balaban J connectivity index is 1.29. The smallest absolute Gasteiger partial charge is 0.260 e.